The highest BCUT2D eigenvalue weighted by Crippen LogP contribution is 2.47. The fourth-order valence-electron chi connectivity index (χ4n) is 3.53. The molecule has 1 spiro atoms. The van der Waals surface area contributed by atoms with Gasteiger partial charge in [-0.05, 0) is 25.0 Å². The van der Waals surface area contributed by atoms with Crippen LogP contribution in [0.1, 0.15) is 19.3 Å². The first-order chi connectivity index (χ1) is 11.0. The van der Waals surface area contributed by atoms with Gasteiger partial charge in [0.05, 0.1) is 4.75 Å². The molecule has 0 unspecified atom stereocenters. The van der Waals surface area contributed by atoms with Gasteiger partial charge in [0.25, 0.3) is 5.88 Å². The van der Waals surface area contributed by atoms with Crippen LogP contribution >= 0.6 is 11.8 Å². The zero-order valence-electron chi connectivity index (χ0n) is 12.6. The van der Waals surface area contributed by atoms with Gasteiger partial charge < -0.3 is 9.64 Å². The van der Waals surface area contributed by atoms with Crippen molar-refractivity contribution in [3.05, 3.63) is 24.1 Å². The van der Waals surface area contributed by atoms with Crippen LogP contribution in [-0.2, 0) is 4.79 Å². The molecule has 3 fully saturated rings. The molecule has 1 amide bonds. The Kier molecular flexibility index (Phi) is 3.70. The number of likely N-dealkylation sites (tertiary alicyclic amines) is 1. The van der Waals surface area contributed by atoms with Gasteiger partial charge in [-0.1, -0.05) is 0 Å². The molecule has 1 aliphatic carbocycles. The zero-order chi connectivity index (χ0) is 16.0. The fourth-order valence-corrected chi connectivity index (χ4v) is 5.05. The topological polar surface area (TPSA) is 42.4 Å². The smallest absolute Gasteiger partial charge is 0.250 e. The molecule has 4 nitrogen and oxygen atoms in total. The van der Waals surface area contributed by atoms with Gasteiger partial charge in [0.15, 0.2) is 5.82 Å². The Morgan fingerprint density at radius 3 is 2.91 bits per heavy atom. The van der Waals surface area contributed by atoms with E-state index in [1.165, 1.54) is 18.3 Å². The number of alkyl halides is 1. The normalized spacial score (nSPS) is 31.6. The lowest BCUT2D eigenvalue weighted by Gasteiger charge is -2.49. The minimum Gasteiger partial charge on any atom is -0.471 e. The first kappa shape index (κ1) is 15.2. The van der Waals surface area contributed by atoms with Gasteiger partial charge in [-0.25, -0.2) is 13.8 Å². The van der Waals surface area contributed by atoms with E-state index < -0.39 is 12.0 Å². The molecule has 0 bridgehead atoms. The lowest BCUT2D eigenvalue weighted by molar-refractivity contribution is -0.146. The first-order valence-electron chi connectivity index (χ1n) is 7.89. The van der Waals surface area contributed by atoms with Crippen molar-refractivity contribution in [3.8, 4) is 5.88 Å². The number of ether oxygens (including phenoxy) is 1. The lowest BCUT2D eigenvalue weighted by Crippen LogP contribution is -2.62. The van der Waals surface area contributed by atoms with E-state index in [1.807, 2.05) is 4.90 Å². The number of aromatic nitrogens is 1. The molecule has 1 saturated carbocycles. The Labute approximate surface area is 137 Å². The average molecular weight is 340 g/mol. The van der Waals surface area contributed by atoms with Crippen molar-refractivity contribution in [2.75, 3.05) is 18.8 Å². The summed E-state index contributed by atoms with van der Waals surface area (Å²) in [5, 5.41) is 0. The summed E-state index contributed by atoms with van der Waals surface area (Å²) in [5.41, 5.74) is 0. The van der Waals surface area contributed by atoms with Gasteiger partial charge in [0, 0.05) is 37.4 Å². The Morgan fingerprint density at radius 1 is 1.43 bits per heavy atom. The minimum absolute atomic E-state index is 0.0183. The molecule has 0 radical (unpaired) electrons. The number of pyridine rings is 1. The summed E-state index contributed by atoms with van der Waals surface area (Å²) in [5.74, 6) is 0.336. The molecule has 23 heavy (non-hydrogen) atoms. The molecule has 4 rings (SSSR count). The van der Waals surface area contributed by atoms with Crippen molar-refractivity contribution in [1.82, 2.24) is 9.88 Å². The first-order valence-corrected chi connectivity index (χ1v) is 8.87. The van der Waals surface area contributed by atoms with Crippen molar-refractivity contribution in [1.29, 1.82) is 0 Å². The van der Waals surface area contributed by atoms with Crippen molar-refractivity contribution in [3.63, 3.8) is 0 Å². The highest BCUT2D eigenvalue weighted by molar-refractivity contribution is 8.01. The molecule has 0 N–H and O–H groups in total. The highest BCUT2D eigenvalue weighted by Gasteiger charge is 2.53. The van der Waals surface area contributed by atoms with E-state index >= 15 is 0 Å². The number of hydrogen-bond donors (Lipinski definition) is 0. The molecular formula is C16H18F2N2O2S. The monoisotopic (exact) mass is 340 g/mol. The summed E-state index contributed by atoms with van der Waals surface area (Å²) >= 11 is 1.78. The number of hydrogen-bond acceptors (Lipinski definition) is 4. The summed E-state index contributed by atoms with van der Waals surface area (Å²) in [6, 6.07) is 2.87. The third kappa shape index (κ3) is 2.79. The summed E-state index contributed by atoms with van der Waals surface area (Å²) in [6.45, 7) is 1.38. The number of nitrogens with zero attached hydrogens (tertiary/aromatic N) is 2. The second kappa shape index (κ2) is 5.61. The Bertz CT molecular complexity index is 618. The quantitative estimate of drug-likeness (QED) is 0.848. The van der Waals surface area contributed by atoms with Crippen molar-refractivity contribution < 1.29 is 18.3 Å². The Hall–Kier alpha value is -1.37. The van der Waals surface area contributed by atoms with Crippen LogP contribution in [-0.4, -0.2) is 51.7 Å². The molecule has 7 heteroatoms. The second-order valence-electron chi connectivity index (χ2n) is 6.69. The van der Waals surface area contributed by atoms with Crippen LogP contribution in [0.15, 0.2) is 18.3 Å². The van der Waals surface area contributed by atoms with Gasteiger partial charge in [0.2, 0.25) is 5.91 Å². The van der Waals surface area contributed by atoms with Gasteiger partial charge >= 0.3 is 0 Å². The third-order valence-corrected chi connectivity index (χ3v) is 6.45. The average Bonchev–Trinajstić information content (AvgIpc) is 2.88. The van der Waals surface area contributed by atoms with Gasteiger partial charge in [-0.2, -0.15) is 0 Å². The van der Waals surface area contributed by atoms with Crippen LogP contribution in [0.5, 0.6) is 5.88 Å². The number of amides is 1. The van der Waals surface area contributed by atoms with Crippen LogP contribution in [0.2, 0.25) is 0 Å². The van der Waals surface area contributed by atoms with E-state index in [1.54, 1.807) is 11.8 Å². The standard InChI is InChI=1S/C16H18F2N2O2S/c17-11-4-10(5-11)15(21)20-8-16(9-20)6-12(7-23-16)22-14-13(18)2-1-3-19-14/h1-3,10-12H,4-9H2/t10?,11?,12-/m1/s1. The van der Waals surface area contributed by atoms with Crippen LogP contribution in [0.25, 0.3) is 0 Å². The molecule has 1 aromatic heterocycles. The largest absolute Gasteiger partial charge is 0.471 e. The predicted molar refractivity (Wildman–Crippen MR) is 82.6 cm³/mol. The highest BCUT2D eigenvalue weighted by atomic mass is 32.2. The van der Waals surface area contributed by atoms with Crippen LogP contribution in [0, 0.1) is 11.7 Å². The van der Waals surface area contributed by atoms with Gasteiger partial charge in [-0.15, -0.1) is 11.8 Å². The third-order valence-electron chi connectivity index (χ3n) is 4.88. The molecule has 2 aliphatic heterocycles. The molecule has 3 heterocycles. The molecule has 3 aliphatic rings. The number of carbonyl (C=O) groups is 1. The maximum atomic E-state index is 13.6. The number of carbonyl (C=O) groups excluding carboxylic acids is 1. The molecule has 1 atom stereocenters. The van der Waals surface area contributed by atoms with Crippen molar-refractivity contribution in [2.45, 2.75) is 36.3 Å². The maximum Gasteiger partial charge on any atom is 0.250 e. The van der Waals surface area contributed by atoms with Crippen LogP contribution < -0.4 is 4.74 Å². The van der Waals surface area contributed by atoms with E-state index in [0.717, 1.165) is 12.2 Å². The lowest BCUT2D eigenvalue weighted by atomic mass is 9.80. The van der Waals surface area contributed by atoms with E-state index in [0.29, 0.717) is 25.9 Å². The molecule has 0 aromatic carbocycles. The molecule has 2 saturated heterocycles. The fraction of sp³-hybridized carbons (Fsp3) is 0.625. The van der Waals surface area contributed by atoms with E-state index in [9.17, 15) is 13.6 Å². The Morgan fingerprint density at radius 2 is 2.22 bits per heavy atom. The second-order valence-corrected chi connectivity index (χ2v) is 8.18. The Balaban J connectivity index is 1.30. The number of rotatable bonds is 3. The summed E-state index contributed by atoms with van der Waals surface area (Å²) < 4.78 is 32.1. The van der Waals surface area contributed by atoms with E-state index in [2.05, 4.69) is 4.98 Å². The summed E-state index contributed by atoms with van der Waals surface area (Å²) in [7, 11) is 0. The van der Waals surface area contributed by atoms with Gasteiger partial charge in [-0.3, -0.25) is 4.79 Å². The molecule has 1 aromatic rings. The van der Waals surface area contributed by atoms with Crippen LogP contribution in [0.3, 0.4) is 0 Å². The van der Waals surface area contributed by atoms with E-state index in [-0.39, 0.29) is 28.6 Å². The van der Waals surface area contributed by atoms with Crippen molar-refractivity contribution in [2.24, 2.45) is 5.92 Å². The predicted octanol–water partition coefficient (Wildman–Crippen LogP) is 2.43. The molecule has 124 valence electrons. The summed E-state index contributed by atoms with van der Waals surface area (Å²) in [4.78, 5) is 17.9. The maximum absolute atomic E-state index is 13.6. The minimum atomic E-state index is -0.800. The van der Waals surface area contributed by atoms with Crippen LogP contribution in [0.4, 0.5) is 8.78 Å². The number of thioether (sulfide) groups is 1. The van der Waals surface area contributed by atoms with E-state index in [4.69, 9.17) is 4.74 Å². The summed E-state index contributed by atoms with van der Waals surface area (Å²) in [6.07, 6.45) is 2.16. The molecular weight excluding hydrogens is 322 g/mol. The number of halogens is 2. The zero-order valence-corrected chi connectivity index (χ0v) is 13.4. The van der Waals surface area contributed by atoms with Crippen molar-refractivity contribution >= 4 is 17.7 Å². The SMILES string of the molecule is O=C(C1CC(F)C1)N1CC2(C[C@@H](Oc3ncccc3F)CS2)C1. The van der Waals surface area contributed by atoms with Gasteiger partial charge in [0.1, 0.15) is 12.3 Å².